The lowest BCUT2D eigenvalue weighted by Crippen LogP contribution is -2.13. The van der Waals surface area contributed by atoms with E-state index in [4.69, 9.17) is 4.74 Å². The number of nitrogens with zero attached hydrogens (tertiary/aromatic N) is 2. The van der Waals surface area contributed by atoms with Crippen LogP contribution >= 0.6 is 0 Å². The van der Waals surface area contributed by atoms with E-state index in [1.54, 1.807) is 13.2 Å². The zero-order valence-corrected chi connectivity index (χ0v) is 16.7. The molecule has 0 unspecified atom stereocenters. The molecule has 31 heavy (non-hydrogen) atoms. The zero-order chi connectivity index (χ0) is 22.2. The minimum atomic E-state index is -4.45. The van der Waals surface area contributed by atoms with Gasteiger partial charge < -0.3 is 14.6 Å². The van der Waals surface area contributed by atoms with Crippen molar-refractivity contribution < 1.29 is 22.7 Å². The zero-order valence-electron chi connectivity index (χ0n) is 16.7. The summed E-state index contributed by atoms with van der Waals surface area (Å²) in [4.78, 5) is 12.4. The number of H-pyrrole nitrogens is 1. The number of aromatic nitrogens is 3. The van der Waals surface area contributed by atoms with Gasteiger partial charge in [0, 0.05) is 29.6 Å². The molecule has 0 aliphatic carbocycles. The fourth-order valence-corrected chi connectivity index (χ4v) is 3.44. The number of benzene rings is 2. The average molecular weight is 428 g/mol. The maximum absolute atomic E-state index is 12.7. The average Bonchev–Trinajstić information content (AvgIpc) is 3.36. The Hall–Kier alpha value is -3.75. The number of carbonyl (C=O) groups excluding carboxylic acids is 1. The Labute approximate surface area is 175 Å². The highest BCUT2D eigenvalue weighted by molar-refractivity contribution is 6.04. The minimum absolute atomic E-state index is 0.104. The molecule has 2 N–H and O–H groups in total. The number of fused-ring (bicyclic) bond motifs is 1. The molecule has 0 bridgehead atoms. The highest BCUT2D eigenvalue weighted by Gasteiger charge is 2.30. The second-order valence-corrected chi connectivity index (χ2v) is 6.89. The number of nitrogens with one attached hydrogen (secondary N) is 2. The molecule has 0 spiro atoms. The number of hydrogen-bond acceptors (Lipinski definition) is 3. The lowest BCUT2D eigenvalue weighted by molar-refractivity contribution is -0.137. The van der Waals surface area contributed by atoms with E-state index < -0.39 is 17.6 Å². The maximum atomic E-state index is 12.7. The molecule has 4 rings (SSSR count). The smallest absolute Gasteiger partial charge is 0.416 e. The van der Waals surface area contributed by atoms with Crippen LogP contribution in [-0.4, -0.2) is 27.8 Å². The number of rotatable bonds is 5. The number of carbonyl (C=O) groups is 1. The number of amides is 1. The molecule has 0 radical (unpaired) electrons. The van der Waals surface area contributed by atoms with Crippen molar-refractivity contribution in [2.75, 3.05) is 12.4 Å². The Bertz CT molecular complexity index is 1240. The van der Waals surface area contributed by atoms with E-state index in [1.165, 1.54) is 0 Å². The van der Waals surface area contributed by atoms with Crippen LogP contribution in [0.25, 0.3) is 22.3 Å². The van der Waals surface area contributed by atoms with Crippen LogP contribution in [0.3, 0.4) is 0 Å². The summed E-state index contributed by atoms with van der Waals surface area (Å²) in [5.41, 5.74) is 1.87. The van der Waals surface area contributed by atoms with Crippen LogP contribution in [0.15, 0.2) is 54.6 Å². The molecular weight excluding hydrogens is 409 g/mol. The van der Waals surface area contributed by atoms with E-state index in [-0.39, 0.29) is 11.4 Å². The fraction of sp³-hybridized carbons (Fsp3) is 0.182. The van der Waals surface area contributed by atoms with Crippen LogP contribution in [0.5, 0.6) is 5.75 Å². The maximum Gasteiger partial charge on any atom is 0.416 e. The lowest BCUT2D eigenvalue weighted by Gasteiger charge is -2.07. The van der Waals surface area contributed by atoms with E-state index in [0.717, 1.165) is 46.6 Å². The largest absolute Gasteiger partial charge is 0.497 e. The third-order valence-corrected chi connectivity index (χ3v) is 5.00. The second-order valence-electron chi connectivity index (χ2n) is 6.89. The molecule has 6 nitrogen and oxygen atoms in total. The van der Waals surface area contributed by atoms with Gasteiger partial charge in [0.15, 0.2) is 5.82 Å². The van der Waals surface area contributed by atoms with E-state index in [2.05, 4.69) is 20.1 Å². The van der Waals surface area contributed by atoms with Crippen molar-refractivity contribution >= 4 is 22.6 Å². The molecule has 0 aliphatic heterocycles. The van der Waals surface area contributed by atoms with Gasteiger partial charge in [-0.1, -0.05) is 0 Å². The fourth-order valence-electron chi connectivity index (χ4n) is 3.44. The topological polar surface area (TPSA) is 71.9 Å². The molecule has 4 aromatic rings. The van der Waals surface area contributed by atoms with Gasteiger partial charge in [0.2, 0.25) is 0 Å². The van der Waals surface area contributed by atoms with E-state index in [9.17, 15) is 18.0 Å². The first-order valence-corrected chi connectivity index (χ1v) is 9.52. The van der Waals surface area contributed by atoms with Crippen LogP contribution in [0.2, 0.25) is 0 Å². The van der Waals surface area contributed by atoms with Gasteiger partial charge in [-0.15, -0.1) is 0 Å². The van der Waals surface area contributed by atoms with Gasteiger partial charge in [0.25, 0.3) is 5.91 Å². The molecule has 0 fully saturated rings. The lowest BCUT2D eigenvalue weighted by atomic mass is 10.1. The van der Waals surface area contributed by atoms with Crippen molar-refractivity contribution in [3.63, 3.8) is 0 Å². The SMILES string of the molecule is CCn1c(-c2cc(NC(=O)c3ccc(C(F)(F)F)cc3)n[nH]2)cc2ccc(OC)cc21. The molecule has 160 valence electrons. The third-order valence-electron chi connectivity index (χ3n) is 5.00. The molecule has 9 heteroatoms. The summed E-state index contributed by atoms with van der Waals surface area (Å²) in [6, 6.07) is 13.5. The highest BCUT2D eigenvalue weighted by atomic mass is 19.4. The number of methoxy groups -OCH3 is 1. The van der Waals surface area contributed by atoms with E-state index >= 15 is 0 Å². The van der Waals surface area contributed by atoms with Gasteiger partial charge in [0.05, 0.1) is 29.6 Å². The van der Waals surface area contributed by atoms with Crippen molar-refractivity contribution in [2.24, 2.45) is 0 Å². The summed E-state index contributed by atoms with van der Waals surface area (Å²) < 4.78 is 45.5. The Morgan fingerprint density at radius 2 is 1.87 bits per heavy atom. The third kappa shape index (κ3) is 3.98. The van der Waals surface area contributed by atoms with Crippen LogP contribution in [0.4, 0.5) is 19.0 Å². The standard InChI is InChI=1S/C22H19F3N4O2/c1-3-29-18-11-16(31-2)9-6-14(18)10-19(29)17-12-20(28-27-17)26-21(30)13-4-7-15(8-5-13)22(23,24)25/h4-12H,3H2,1-2H3,(H2,26,27,28,30). The Morgan fingerprint density at radius 3 is 2.52 bits per heavy atom. The van der Waals surface area contributed by atoms with Gasteiger partial charge in [-0.05, 0) is 49.4 Å². The van der Waals surface area contributed by atoms with Gasteiger partial charge in [-0.2, -0.15) is 18.3 Å². The Balaban J connectivity index is 1.58. The quantitative estimate of drug-likeness (QED) is 0.451. The predicted octanol–water partition coefficient (Wildman–Crippen LogP) is 5.33. The number of anilines is 1. The van der Waals surface area contributed by atoms with Crippen LogP contribution in [-0.2, 0) is 12.7 Å². The Kier molecular flexibility index (Phi) is 5.18. The van der Waals surface area contributed by atoms with Gasteiger partial charge in [-0.25, -0.2) is 0 Å². The summed E-state index contributed by atoms with van der Waals surface area (Å²) >= 11 is 0. The first-order valence-electron chi connectivity index (χ1n) is 9.52. The normalized spacial score (nSPS) is 11.6. The number of alkyl halides is 3. The number of aryl methyl sites for hydroxylation is 1. The molecule has 1 amide bonds. The highest BCUT2D eigenvalue weighted by Crippen LogP contribution is 2.31. The number of halogens is 3. The number of ether oxygens (including phenoxy) is 1. The van der Waals surface area contributed by atoms with Crippen molar-refractivity contribution in [3.8, 4) is 17.1 Å². The summed E-state index contributed by atoms with van der Waals surface area (Å²) in [6.07, 6.45) is -4.45. The summed E-state index contributed by atoms with van der Waals surface area (Å²) in [5.74, 6) is 0.471. The minimum Gasteiger partial charge on any atom is -0.497 e. The molecule has 2 aromatic carbocycles. The van der Waals surface area contributed by atoms with Crippen molar-refractivity contribution in [3.05, 3.63) is 65.7 Å². The number of hydrogen-bond donors (Lipinski definition) is 2. The molecule has 0 saturated carbocycles. The molecule has 0 aliphatic rings. The summed E-state index contributed by atoms with van der Waals surface area (Å²) in [7, 11) is 1.61. The molecule has 2 aromatic heterocycles. The monoisotopic (exact) mass is 428 g/mol. The van der Waals surface area contributed by atoms with Gasteiger partial charge in [0.1, 0.15) is 5.75 Å². The predicted molar refractivity (Wildman–Crippen MR) is 111 cm³/mol. The van der Waals surface area contributed by atoms with Crippen molar-refractivity contribution in [1.82, 2.24) is 14.8 Å². The van der Waals surface area contributed by atoms with E-state index in [1.807, 2.05) is 31.2 Å². The molecule has 2 heterocycles. The van der Waals surface area contributed by atoms with E-state index in [0.29, 0.717) is 12.2 Å². The van der Waals surface area contributed by atoms with Crippen LogP contribution in [0, 0.1) is 0 Å². The summed E-state index contributed by atoms with van der Waals surface area (Å²) in [6.45, 7) is 2.73. The molecule has 0 atom stereocenters. The van der Waals surface area contributed by atoms with Crippen molar-refractivity contribution in [2.45, 2.75) is 19.6 Å². The first kappa shape index (κ1) is 20.5. The first-order chi connectivity index (χ1) is 14.8. The van der Waals surface area contributed by atoms with Crippen molar-refractivity contribution in [1.29, 1.82) is 0 Å². The number of aromatic amines is 1. The Morgan fingerprint density at radius 1 is 1.13 bits per heavy atom. The summed E-state index contributed by atoms with van der Waals surface area (Å²) in [5, 5.41) is 10.7. The van der Waals surface area contributed by atoms with Gasteiger partial charge >= 0.3 is 6.18 Å². The molecular formula is C22H19F3N4O2. The van der Waals surface area contributed by atoms with Crippen LogP contribution < -0.4 is 10.1 Å². The van der Waals surface area contributed by atoms with Gasteiger partial charge in [-0.3, -0.25) is 9.89 Å². The molecule has 0 saturated heterocycles. The van der Waals surface area contributed by atoms with Crippen LogP contribution in [0.1, 0.15) is 22.8 Å². The second kappa shape index (κ2) is 7.82.